The Bertz CT molecular complexity index is 874. The highest BCUT2D eigenvalue weighted by atomic mass is 19.1. The molecule has 0 bridgehead atoms. The molecule has 1 aromatic heterocycles. The first kappa shape index (κ1) is 13.1. The van der Waals surface area contributed by atoms with Gasteiger partial charge in [-0.05, 0) is 24.3 Å². The first-order valence-corrected chi connectivity index (χ1v) is 6.44. The number of halogens is 1. The molecule has 1 heterocycles. The van der Waals surface area contributed by atoms with E-state index >= 15 is 0 Å². The third-order valence-corrected chi connectivity index (χ3v) is 3.50. The molecule has 3 aromatic rings. The second-order valence-corrected chi connectivity index (χ2v) is 4.76. The lowest BCUT2D eigenvalue weighted by molar-refractivity contribution is 0.112. The maximum Gasteiger partial charge on any atom is 0.150 e. The van der Waals surface area contributed by atoms with Gasteiger partial charge in [-0.2, -0.15) is 5.26 Å². The number of aromatic nitrogens is 1. The van der Waals surface area contributed by atoms with Gasteiger partial charge in [-0.1, -0.05) is 18.2 Å². The predicted octanol–water partition coefficient (Wildman–Crippen LogP) is 3.51. The summed E-state index contributed by atoms with van der Waals surface area (Å²) in [4.78, 5) is 11.0. The zero-order valence-electron chi connectivity index (χ0n) is 11.1. The average Bonchev–Trinajstić information content (AvgIpc) is 2.92. The molecule has 0 spiro atoms. The first-order valence-electron chi connectivity index (χ1n) is 6.44. The van der Waals surface area contributed by atoms with E-state index < -0.39 is 5.82 Å². The maximum absolute atomic E-state index is 14.0. The van der Waals surface area contributed by atoms with Crippen molar-refractivity contribution >= 4 is 17.2 Å². The molecule has 3 rings (SSSR count). The molecule has 3 nitrogen and oxygen atoms in total. The molecular formula is C17H11FN2O. The zero-order chi connectivity index (χ0) is 14.8. The molecule has 0 saturated carbocycles. The molecule has 0 N–H and O–H groups in total. The van der Waals surface area contributed by atoms with E-state index in [1.54, 1.807) is 24.3 Å². The zero-order valence-corrected chi connectivity index (χ0v) is 11.1. The van der Waals surface area contributed by atoms with Crippen molar-refractivity contribution in [3.63, 3.8) is 0 Å². The number of nitrogens with zero attached hydrogens (tertiary/aromatic N) is 2. The second kappa shape index (κ2) is 5.22. The Morgan fingerprint density at radius 3 is 2.81 bits per heavy atom. The Balaban J connectivity index is 2.03. The Hall–Kier alpha value is -2.93. The lowest BCUT2D eigenvalue weighted by Gasteiger charge is -2.07. The van der Waals surface area contributed by atoms with Gasteiger partial charge in [0.1, 0.15) is 5.82 Å². The van der Waals surface area contributed by atoms with Crippen LogP contribution in [0.15, 0.2) is 48.7 Å². The number of hydrogen-bond donors (Lipinski definition) is 0. The first-order chi connectivity index (χ1) is 10.2. The molecule has 0 aliphatic rings. The van der Waals surface area contributed by atoms with Gasteiger partial charge in [0.15, 0.2) is 6.29 Å². The van der Waals surface area contributed by atoms with Crippen LogP contribution in [0.4, 0.5) is 4.39 Å². The Morgan fingerprint density at radius 1 is 1.24 bits per heavy atom. The molecule has 102 valence electrons. The number of carbonyl (C=O) groups excluding carboxylic acids is 1. The highest BCUT2D eigenvalue weighted by Crippen LogP contribution is 2.21. The molecular weight excluding hydrogens is 267 g/mol. The quantitative estimate of drug-likeness (QED) is 0.688. The molecule has 0 aliphatic heterocycles. The van der Waals surface area contributed by atoms with Crippen molar-refractivity contribution in [1.29, 1.82) is 5.26 Å². The van der Waals surface area contributed by atoms with Gasteiger partial charge in [-0.25, -0.2) is 4.39 Å². The predicted molar refractivity (Wildman–Crippen MR) is 77.5 cm³/mol. The topological polar surface area (TPSA) is 45.8 Å². The monoisotopic (exact) mass is 278 g/mol. The summed E-state index contributed by atoms with van der Waals surface area (Å²) in [5.41, 5.74) is 2.30. The third kappa shape index (κ3) is 2.30. The molecule has 0 fully saturated rings. The molecule has 0 atom stereocenters. The molecule has 21 heavy (non-hydrogen) atoms. The number of carbonyl (C=O) groups is 1. The number of benzene rings is 2. The van der Waals surface area contributed by atoms with Gasteiger partial charge in [0, 0.05) is 28.2 Å². The lowest BCUT2D eigenvalue weighted by atomic mass is 10.1. The fraction of sp³-hybridized carbons (Fsp3) is 0.0588. The molecule has 0 saturated heterocycles. The summed E-state index contributed by atoms with van der Waals surface area (Å²) in [7, 11) is 0. The van der Waals surface area contributed by atoms with Crippen LogP contribution in [0.25, 0.3) is 10.9 Å². The highest BCUT2D eigenvalue weighted by Gasteiger charge is 2.08. The normalized spacial score (nSPS) is 10.5. The van der Waals surface area contributed by atoms with E-state index in [0.717, 1.165) is 17.2 Å². The number of aldehydes is 1. The molecule has 0 aliphatic carbocycles. The van der Waals surface area contributed by atoms with Crippen molar-refractivity contribution in [1.82, 2.24) is 4.57 Å². The minimum Gasteiger partial charge on any atom is -0.343 e. The van der Waals surface area contributed by atoms with Gasteiger partial charge in [-0.3, -0.25) is 4.79 Å². The van der Waals surface area contributed by atoms with E-state index in [2.05, 4.69) is 0 Å². The summed E-state index contributed by atoms with van der Waals surface area (Å²) in [5, 5.41) is 9.60. The smallest absolute Gasteiger partial charge is 0.150 e. The van der Waals surface area contributed by atoms with Crippen LogP contribution >= 0.6 is 0 Å². The van der Waals surface area contributed by atoms with Crippen molar-refractivity contribution in [2.75, 3.05) is 0 Å². The van der Waals surface area contributed by atoms with Gasteiger partial charge in [0.05, 0.1) is 18.2 Å². The van der Waals surface area contributed by atoms with Crippen LogP contribution in [0.3, 0.4) is 0 Å². The standard InChI is InChI=1S/C17H11FN2O/c18-16-8-12(9-19)4-5-13(16)10-20-7-6-15-14(11-21)2-1-3-17(15)20/h1-8,11H,10H2. The van der Waals surface area contributed by atoms with E-state index in [9.17, 15) is 9.18 Å². The Morgan fingerprint density at radius 2 is 2.10 bits per heavy atom. The van der Waals surface area contributed by atoms with E-state index in [4.69, 9.17) is 5.26 Å². The lowest BCUT2D eigenvalue weighted by Crippen LogP contribution is -2.01. The summed E-state index contributed by atoms with van der Waals surface area (Å²) >= 11 is 0. The number of rotatable bonds is 3. The fourth-order valence-corrected chi connectivity index (χ4v) is 2.42. The van der Waals surface area contributed by atoms with E-state index in [1.165, 1.54) is 6.07 Å². The largest absolute Gasteiger partial charge is 0.343 e. The van der Waals surface area contributed by atoms with Gasteiger partial charge < -0.3 is 4.57 Å². The Labute approximate surface area is 120 Å². The van der Waals surface area contributed by atoms with E-state index in [0.29, 0.717) is 23.2 Å². The summed E-state index contributed by atoms with van der Waals surface area (Å²) < 4.78 is 15.8. The highest BCUT2D eigenvalue weighted by molar-refractivity contribution is 5.97. The maximum atomic E-state index is 14.0. The van der Waals surface area contributed by atoms with Crippen LogP contribution in [-0.4, -0.2) is 10.9 Å². The van der Waals surface area contributed by atoms with Crippen LogP contribution < -0.4 is 0 Å². The molecule has 2 aromatic carbocycles. The van der Waals surface area contributed by atoms with Crippen LogP contribution in [0.5, 0.6) is 0 Å². The SMILES string of the molecule is N#Cc1ccc(Cn2ccc3c(C=O)cccc32)c(F)c1. The van der Waals surface area contributed by atoms with Gasteiger partial charge in [-0.15, -0.1) is 0 Å². The van der Waals surface area contributed by atoms with Crippen molar-refractivity contribution in [2.45, 2.75) is 6.54 Å². The molecule has 0 radical (unpaired) electrons. The van der Waals surface area contributed by atoms with E-state index in [1.807, 2.05) is 29.0 Å². The minimum absolute atomic E-state index is 0.303. The van der Waals surface area contributed by atoms with Crippen molar-refractivity contribution < 1.29 is 9.18 Å². The van der Waals surface area contributed by atoms with Crippen LogP contribution in [0.1, 0.15) is 21.5 Å². The molecule has 0 unspecified atom stereocenters. The number of hydrogen-bond acceptors (Lipinski definition) is 2. The third-order valence-electron chi connectivity index (χ3n) is 3.50. The van der Waals surface area contributed by atoms with Crippen LogP contribution in [-0.2, 0) is 6.54 Å². The van der Waals surface area contributed by atoms with E-state index in [-0.39, 0.29) is 0 Å². The molecule has 0 amide bonds. The van der Waals surface area contributed by atoms with Crippen LogP contribution in [0, 0.1) is 17.1 Å². The van der Waals surface area contributed by atoms with Gasteiger partial charge >= 0.3 is 0 Å². The van der Waals surface area contributed by atoms with Crippen molar-refractivity contribution in [2.24, 2.45) is 0 Å². The summed E-state index contributed by atoms with van der Waals surface area (Å²) in [6, 6.07) is 13.7. The van der Waals surface area contributed by atoms with Crippen molar-refractivity contribution in [3.05, 3.63) is 71.2 Å². The fourth-order valence-electron chi connectivity index (χ4n) is 2.42. The average molecular weight is 278 g/mol. The summed E-state index contributed by atoms with van der Waals surface area (Å²) in [6.45, 7) is 0.351. The summed E-state index contributed by atoms with van der Waals surface area (Å²) in [6.07, 6.45) is 2.64. The van der Waals surface area contributed by atoms with Gasteiger partial charge in [0.25, 0.3) is 0 Å². The second-order valence-electron chi connectivity index (χ2n) is 4.76. The minimum atomic E-state index is -0.401. The number of nitriles is 1. The number of fused-ring (bicyclic) bond motifs is 1. The van der Waals surface area contributed by atoms with Gasteiger partial charge in [0.2, 0.25) is 0 Å². The Kier molecular flexibility index (Phi) is 3.25. The van der Waals surface area contributed by atoms with Crippen LogP contribution in [0.2, 0.25) is 0 Å². The summed E-state index contributed by atoms with van der Waals surface area (Å²) in [5.74, 6) is -0.401. The molecule has 4 heteroatoms. The van der Waals surface area contributed by atoms with Crippen molar-refractivity contribution in [3.8, 4) is 6.07 Å².